The summed E-state index contributed by atoms with van der Waals surface area (Å²) in [5.41, 5.74) is 0.268. The number of carbonyl (C=O) groups is 2. The first-order valence-electron chi connectivity index (χ1n) is 9.69. The second-order valence-electron chi connectivity index (χ2n) is 7.93. The number of hydrogen-bond donors (Lipinski definition) is 0. The zero-order valence-corrected chi connectivity index (χ0v) is 15.1. The van der Waals surface area contributed by atoms with Gasteiger partial charge in [-0.3, -0.25) is 9.59 Å². The number of likely N-dealkylation sites (tertiary alicyclic amines) is 2. The van der Waals surface area contributed by atoms with E-state index >= 15 is 0 Å². The van der Waals surface area contributed by atoms with Crippen LogP contribution in [0.3, 0.4) is 0 Å². The van der Waals surface area contributed by atoms with Crippen molar-refractivity contribution in [1.29, 1.82) is 0 Å². The Kier molecular flexibility index (Phi) is 5.80. The summed E-state index contributed by atoms with van der Waals surface area (Å²) in [5, 5.41) is 0. The van der Waals surface area contributed by atoms with Crippen LogP contribution in [0.1, 0.15) is 57.8 Å². The maximum Gasteiger partial charge on any atom is 0.225 e. The highest BCUT2D eigenvalue weighted by Gasteiger charge is 2.39. The minimum Gasteiger partial charge on any atom is -0.383 e. The minimum atomic E-state index is 0.268. The van der Waals surface area contributed by atoms with E-state index < -0.39 is 0 Å². The van der Waals surface area contributed by atoms with E-state index in [4.69, 9.17) is 4.74 Å². The van der Waals surface area contributed by atoms with Crippen LogP contribution in [0.25, 0.3) is 0 Å². The number of rotatable bonds is 4. The highest BCUT2D eigenvalue weighted by Crippen LogP contribution is 2.42. The quantitative estimate of drug-likeness (QED) is 0.792. The molecule has 3 rings (SSSR count). The molecule has 3 fully saturated rings. The van der Waals surface area contributed by atoms with Gasteiger partial charge in [-0.1, -0.05) is 12.8 Å². The van der Waals surface area contributed by atoms with Crippen molar-refractivity contribution in [3.63, 3.8) is 0 Å². The van der Waals surface area contributed by atoms with Crippen LogP contribution in [0.15, 0.2) is 0 Å². The number of amides is 2. The molecule has 0 N–H and O–H groups in total. The molecule has 2 amide bonds. The Morgan fingerprint density at radius 2 is 1.79 bits per heavy atom. The second kappa shape index (κ2) is 7.85. The predicted octanol–water partition coefficient (Wildman–Crippen LogP) is 2.44. The van der Waals surface area contributed by atoms with E-state index in [0.29, 0.717) is 31.4 Å². The fourth-order valence-electron chi connectivity index (χ4n) is 4.72. The molecule has 1 spiro atoms. The highest BCUT2D eigenvalue weighted by molar-refractivity contribution is 5.79. The third-order valence-electron chi connectivity index (χ3n) is 6.54. The van der Waals surface area contributed by atoms with Gasteiger partial charge in [-0.25, -0.2) is 0 Å². The van der Waals surface area contributed by atoms with Crippen molar-refractivity contribution in [2.75, 3.05) is 39.9 Å². The van der Waals surface area contributed by atoms with E-state index in [1.807, 2.05) is 4.90 Å². The van der Waals surface area contributed by atoms with E-state index in [1.54, 1.807) is 7.11 Å². The largest absolute Gasteiger partial charge is 0.383 e. The second-order valence-corrected chi connectivity index (χ2v) is 7.93. The van der Waals surface area contributed by atoms with Gasteiger partial charge in [0.1, 0.15) is 0 Å². The first-order valence-corrected chi connectivity index (χ1v) is 9.69. The molecule has 24 heavy (non-hydrogen) atoms. The van der Waals surface area contributed by atoms with Crippen LogP contribution in [-0.4, -0.2) is 61.5 Å². The number of methoxy groups -OCH3 is 1. The van der Waals surface area contributed by atoms with Gasteiger partial charge in [0.05, 0.1) is 6.61 Å². The highest BCUT2D eigenvalue weighted by atomic mass is 16.5. The molecule has 2 saturated heterocycles. The van der Waals surface area contributed by atoms with Gasteiger partial charge >= 0.3 is 0 Å². The maximum atomic E-state index is 12.6. The van der Waals surface area contributed by atoms with Gasteiger partial charge in [0.15, 0.2) is 0 Å². The van der Waals surface area contributed by atoms with Crippen LogP contribution in [0, 0.1) is 11.3 Å². The molecule has 0 aromatic heterocycles. The summed E-state index contributed by atoms with van der Waals surface area (Å²) < 4.78 is 5.12. The average molecular weight is 336 g/mol. The van der Waals surface area contributed by atoms with Gasteiger partial charge in [0, 0.05) is 45.6 Å². The van der Waals surface area contributed by atoms with Crippen molar-refractivity contribution in [3.05, 3.63) is 0 Å². The normalized spacial score (nSPS) is 25.3. The van der Waals surface area contributed by atoms with Crippen molar-refractivity contribution in [2.45, 2.75) is 57.8 Å². The lowest BCUT2D eigenvalue weighted by molar-refractivity contribution is -0.138. The topological polar surface area (TPSA) is 49.9 Å². The molecule has 0 atom stereocenters. The van der Waals surface area contributed by atoms with Crippen molar-refractivity contribution >= 4 is 11.8 Å². The molecule has 5 heteroatoms. The van der Waals surface area contributed by atoms with E-state index in [9.17, 15) is 9.59 Å². The molecule has 0 aromatic rings. The maximum absolute atomic E-state index is 12.6. The summed E-state index contributed by atoms with van der Waals surface area (Å²) >= 11 is 0. The van der Waals surface area contributed by atoms with Crippen LogP contribution in [0.5, 0.6) is 0 Å². The van der Waals surface area contributed by atoms with Crippen LogP contribution in [0.4, 0.5) is 0 Å². The third-order valence-corrected chi connectivity index (χ3v) is 6.54. The molecule has 1 aliphatic carbocycles. The van der Waals surface area contributed by atoms with Gasteiger partial charge in [-0.15, -0.1) is 0 Å². The van der Waals surface area contributed by atoms with Crippen LogP contribution in [-0.2, 0) is 14.3 Å². The third kappa shape index (κ3) is 3.93. The molecule has 2 heterocycles. The van der Waals surface area contributed by atoms with Crippen LogP contribution < -0.4 is 0 Å². The molecule has 1 saturated carbocycles. The predicted molar refractivity (Wildman–Crippen MR) is 92.5 cm³/mol. The Bertz CT molecular complexity index is 452. The first kappa shape index (κ1) is 17.7. The van der Waals surface area contributed by atoms with Gasteiger partial charge in [-0.2, -0.15) is 0 Å². The summed E-state index contributed by atoms with van der Waals surface area (Å²) in [7, 11) is 1.68. The average Bonchev–Trinajstić information content (AvgIpc) is 3.10. The molecule has 0 aromatic carbocycles. The Morgan fingerprint density at radius 3 is 2.46 bits per heavy atom. The molecule has 0 radical (unpaired) electrons. The SMILES string of the molecule is COCCN1CCC2(CCC1=O)CCN(C(=O)C1CCCC1)CC2. The van der Waals surface area contributed by atoms with E-state index in [2.05, 4.69) is 4.90 Å². The Balaban J connectivity index is 1.53. The molecule has 5 nitrogen and oxygen atoms in total. The van der Waals surface area contributed by atoms with Crippen LogP contribution >= 0.6 is 0 Å². The summed E-state index contributed by atoms with van der Waals surface area (Å²) in [4.78, 5) is 29.0. The number of carbonyl (C=O) groups excluding carboxylic acids is 2. The van der Waals surface area contributed by atoms with Gasteiger partial charge in [0.25, 0.3) is 0 Å². The zero-order valence-electron chi connectivity index (χ0n) is 15.1. The standard InChI is InChI=1S/C19H32N2O3/c1-24-15-14-20-11-8-19(7-6-17(20)22)9-12-21(13-10-19)18(23)16-4-2-3-5-16/h16H,2-15H2,1H3. The smallest absolute Gasteiger partial charge is 0.225 e. The number of ether oxygens (including phenoxy) is 1. The summed E-state index contributed by atoms with van der Waals surface area (Å²) in [6, 6.07) is 0. The van der Waals surface area contributed by atoms with Crippen molar-refractivity contribution in [2.24, 2.45) is 11.3 Å². The summed E-state index contributed by atoms with van der Waals surface area (Å²) in [6.45, 7) is 3.95. The molecule has 136 valence electrons. The van der Waals surface area contributed by atoms with E-state index in [1.165, 1.54) is 12.8 Å². The molecular weight excluding hydrogens is 304 g/mol. The number of nitrogens with zero attached hydrogens (tertiary/aromatic N) is 2. The van der Waals surface area contributed by atoms with Crippen LogP contribution in [0.2, 0.25) is 0 Å². The molecule has 3 aliphatic rings. The fourth-order valence-corrected chi connectivity index (χ4v) is 4.72. The molecular formula is C19H32N2O3. The lowest BCUT2D eigenvalue weighted by Gasteiger charge is -2.42. The minimum absolute atomic E-state index is 0.268. The van der Waals surface area contributed by atoms with E-state index in [-0.39, 0.29) is 11.3 Å². The fraction of sp³-hybridized carbons (Fsp3) is 0.895. The zero-order chi connectivity index (χ0) is 17.0. The lowest BCUT2D eigenvalue weighted by Crippen LogP contribution is -2.45. The number of piperidine rings is 1. The lowest BCUT2D eigenvalue weighted by atomic mass is 9.72. The van der Waals surface area contributed by atoms with E-state index in [0.717, 1.165) is 58.2 Å². The van der Waals surface area contributed by atoms with Crippen molar-refractivity contribution in [3.8, 4) is 0 Å². The van der Waals surface area contributed by atoms with Crippen molar-refractivity contribution in [1.82, 2.24) is 9.80 Å². The molecule has 2 aliphatic heterocycles. The summed E-state index contributed by atoms with van der Waals surface area (Å²) in [6.07, 6.45) is 9.46. The Labute approximate surface area is 145 Å². The molecule has 0 bridgehead atoms. The Morgan fingerprint density at radius 1 is 1.12 bits per heavy atom. The monoisotopic (exact) mass is 336 g/mol. The van der Waals surface area contributed by atoms with Gasteiger partial charge in [-0.05, 0) is 43.9 Å². The first-order chi connectivity index (χ1) is 11.6. The Hall–Kier alpha value is -1.10. The summed E-state index contributed by atoms with van der Waals surface area (Å²) in [5.74, 6) is 0.960. The van der Waals surface area contributed by atoms with Gasteiger partial charge < -0.3 is 14.5 Å². The molecule has 0 unspecified atom stereocenters. The van der Waals surface area contributed by atoms with Gasteiger partial charge in [0.2, 0.25) is 11.8 Å². The number of hydrogen-bond acceptors (Lipinski definition) is 3. The van der Waals surface area contributed by atoms with Crippen molar-refractivity contribution < 1.29 is 14.3 Å².